The number of hydrogen-bond acceptors (Lipinski definition) is 3. The van der Waals surface area contributed by atoms with Crippen LogP contribution in [-0.4, -0.2) is 11.0 Å². The average Bonchev–Trinajstić information content (AvgIpc) is 2.75. The van der Waals surface area contributed by atoms with Crippen molar-refractivity contribution in [1.82, 2.24) is 10.3 Å². The highest BCUT2D eigenvalue weighted by atomic mass is 19.1. The Morgan fingerprint density at radius 1 is 1.35 bits per heavy atom. The molecule has 0 unspecified atom stereocenters. The minimum Gasteiger partial charge on any atom is -0.444 e. The lowest BCUT2D eigenvalue weighted by Crippen LogP contribution is -2.21. The van der Waals surface area contributed by atoms with Crippen LogP contribution in [0.15, 0.2) is 34.9 Å². The highest BCUT2D eigenvalue weighted by Gasteiger charge is 2.10. The molecule has 0 radical (unpaired) electrons. The molecular formula is C13H15FN2O. The lowest BCUT2D eigenvalue weighted by atomic mass is 10.2. The Morgan fingerprint density at radius 2 is 2.12 bits per heavy atom. The number of oxazole rings is 1. The number of nitrogens with zero attached hydrogens (tertiary/aromatic N) is 1. The van der Waals surface area contributed by atoms with Crippen LogP contribution < -0.4 is 5.32 Å². The number of rotatable bonds is 4. The molecule has 0 atom stereocenters. The number of hydrogen-bond donors (Lipinski definition) is 1. The molecule has 2 aromatic rings. The first-order valence-corrected chi connectivity index (χ1v) is 5.59. The van der Waals surface area contributed by atoms with Crippen LogP contribution in [0.1, 0.15) is 19.5 Å². The summed E-state index contributed by atoms with van der Waals surface area (Å²) < 4.78 is 18.8. The second kappa shape index (κ2) is 5.10. The van der Waals surface area contributed by atoms with Gasteiger partial charge in [-0.1, -0.05) is 26.0 Å². The van der Waals surface area contributed by atoms with E-state index in [-0.39, 0.29) is 5.82 Å². The van der Waals surface area contributed by atoms with Gasteiger partial charge in [0.05, 0.1) is 11.3 Å². The van der Waals surface area contributed by atoms with E-state index < -0.39 is 0 Å². The van der Waals surface area contributed by atoms with Crippen molar-refractivity contribution in [2.24, 2.45) is 0 Å². The summed E-state index contributed by atoms with van der Waals surface area (Å²) in [5.74, 6) is 0.00127. The molecule has 0 aliphatic rings. The van der Waals surface area contributed by atoms with Gasteiger partial charge in [0, 0.05) is 12.6 Å². The summed E-state index contributed by atoms with van der Waals surface area (Å²) in [6.45, 7) is 4.73. The Kier molecular flexibility index (Phi) is 3.54. The Bertz CT molecular complexity index is 494. The zero-order valence-corrected chi connectivity index (χ0v) is 9.90. The molecule has 0 saturated carbocycles. The van der Waals surface area contributed by atoms with Gasteiger partial charge in [0.25, 0.3) is 0 Å². The van der Waals surface area contributed by atoms with Crippen LogP contribution in [0.2, 0.25) is 0 Å². The van der Waals surface area contributed by atoms with Gasteiger partial charge in [-0.25, -0.2) is 9.37 Å². The van der Waals surface area contributed by atoms with Crippen LogP contribution in [0, 0.1) is 5.82 Å². The molecule has 0 aliphatic carbocycles. The van der Waals surface area contributed by atoms with E-state index in [0.29, 0.717) is 24.0 Å². The summed E-state index contributed by atoms with van der Waals surface area (Å²) >= 11 is 0. The van der Waals surface area contributed by atoms with Gasteiger partial charge in [0.15, 0.2) is 0 Å². The SMILES string of the molecule is CC(C)NCc1coc(-c2ccccc2F)n1. The van der Waals surface area contributed by atoms with Crippen molar-refractivity contribution >= 4 is 0 Å². The van der Waals surface area contributed by atoms with Crippen LogP contribution >= 0.6 is 0 Å². The molecule has 1 heterocycles. The summed E-state index contributed by atoms with van der Waals surface area (Å²) in [7, 11) is 0. The third kappa shape index (κ3) is 2.91. The maximum atomic E-state index is 13.5. The lowest BCUT2D eigenvalue weighted by molar-refractivity contribution is 0.553. The predicted molar refractivity (Wildman–Crippen MR) is 63.9 cm³/mol. The van der Waals surface area contributed by atoms with Gasteiger partial charge >= 0.3 is 0 Å². The normalized spacial score (nSPS) is 11.1. The average molecular weight is 234 g/mol. The van der Waals surface area contributed by atoms with E-state index in [2.05, 4.69) is 24.1 Å². The van der Waals surface area contributed by atoms with E-state index >= 15 is 0 Å². The molecule has 0 fully saturated rings. The van der Waals surface area contributed by atoms with Crippen LogP contribution in [0.4, 0.5) is 4.39 Å². The fraction of sp³-hybridized carbons (Fsp3) is 0.308. The van der Waals surface area contributed by atoms with Gasteiger partial charge in [-0.2, -0.15) is 0 Å². The summed E-state index contributed by atoms with van der Waals surface area (Å²) in [6.07, 6.45) is 1.55. The van der Waals surface area contributed by atoms with Crippen LogP contribution in [0.25, 0.3) is 11.5 Å². The van der Waals surface area contributed by atoms with Crippen molar-refractivity contribution in [2.75, 3.05) is 0 Å². The van der Waals surface area contributed by atoms with Gasteiger partial charge in [-0.05, 0) is 12.1 Å². The minimum absolute atomic E-state index is 0.322. The first-order valence-electron chi connectivity index (χ1n) is 5.59. The van der Waals surface area contributed by atoms with Gasteiger partial charge in [-0.3, -0.25) is 0 Å². The van der Waals surface area contributed by atoms with Gasteiger partial charge in [-0.15, -0.1) is 0 Å². The van der Waals surface area contributed by atoms with Crippen LogP contribution in [-0.2, 0) is 6.54 Å². The molecule has 1 N–H and O–H groups in total. The van der Waals surface area contributed by atoms with E-state index in [1.807, 2.05) is 0 Å². The van der Waals surface area contributed by atoms with Crippen molar-refractivity contribution in [3.8, 4) is 11.5 Å². The largest absolute Gasteiger partial charge is 0.444 e. The van der Waals surface area contributed by atoms with Crippen molar-refractivity contribution in [3.63, 3.8) is 0 Å². The van der Waals surface area contributed by atoms with Crippen molar-refractivity contribution in [3.05, 3.63) is 42.0 Å². The molecule has 0 spiro atoms. The van der Waals surface area contributed by atoms with E-state index in [1.54, 1.807) is 24.5 Å². The van der Waals surface area contributed by atoms with Crippen LogP contribution in [0.5, 0.6) is 0 Å². The highest BCUT2D eigenvalue weighted by molar-refractivity contribution is 5.53. The van der Waals surface area contributed by atoms with Crippen molar-refractivity contribution < 1.29 is 8.81 Å². The molecule has 0 saturated heterocycles. The van der Waals surface area contributed by atoms with Crippen molar-refractivity contribution in [1.29, 1.82) is 0 Å². The Morgan fingerprint density at radius 3 is 2.82 bits per heavy atom. The number of aromatic nitrogens is 1. The molecule has 2 rings (SSSR count). The standard InChI is InChI=1S/C13H15FN2O/c1-9(2)15-7-10-8-17-13(16-10)11-5-3-4-6-12(11)14/h3-6,8-9,15H,7H2,1-2H3. The van der Waals surface area contributed by atoms with E-state index in [0.717, 1.165) is 5.69 Å². The minimum atomic E-state index is -0.322. The molecule has 0 aliphatic heterocycles. The summed E-state index contributed by atoms with van der Waals surface area (Å²) in [5.41, 5.74) is 1.17. The molecule has 1 aromatic heterocycles. The maximum Gasteiger partial charge on any atom is 0.229 e. The molecule has 17 heavy (non-hydrogen) atoms. The van der Waals surface area contributed by atoms with Gasteiger partial charge < -0.3 is 9.73 Å². The fourth-order valence-electron chi connectivity index (χ4n) is 1.46. The third-order valence-electron chi connectivity index (χ3n) is 2.35. The fourth-order valence-corrected chi connectivity index (χ4v) is 1.46. The second-order valence-electron chi connectivity index (χ2n) is 4.16. The zero-order valence-electron chi connectivity index (χ0n) is 9.90. The van der Waals surface area contributed by atoms with Crippen molar-refractivity contribution in [2.45, 2.75) is 26.4 Å². The number of benzene rings is 1. The first kappa shape index (κ1) is 11.8. The quantitative estimate of drug-likeness (QED) is 0.883. The smallest absolute Gasteiger partial charge is 0.229 e. The highest BCUT2D eigenvalue weighted by Crippen LogP contribution is 2.21. The molecule has 0 amide bonds. The number of halogens is 1. The number of nitrogens with one attached hydrogen (secondary N) is 1. The summed E-state index contributed by atoms with van der Waals surface area (Å²) in [6, 6.07) is 6.83. The lowest BCUT2D eigenvalue weighted by Gasteiger charge is -2.04. The molecular weight excluding hydrogens is 219 g/mol. The molecule has 0 bridgehead atoms. The zero-order chi connectivity index (χ0) is 12.3. The Balaban J connectivity index is 2.16. The third-order valence-corrected chi connectivity index (χ3v) is 2.35. The molecule has 1 aromatic carbocycles. The van der Waals surface area contributed by atoms with Crippen LogP contribution in [0.3, 0.4) is 0 Å². The van der Waals surface area contributed by atoms with E-state index in [4.69, 9.17) is 4.42 Å². The first-order chi connectivity index (χ1) is 8.16. The maximum absolute atomic E-state index is 13.5. The summed E-state index contributed by atoms with van der Waals surface area (Å²) in [4.78, 5) is 4.24. The van der Waals surface area contributed by atoms with E-state index in [1.165, 1.54) is 6.07 Å². The predicted octanol–water partition coefficient (Wildman–Crippen LogP) is 2.98. The Hall–Kier alpha value is -1.68. The Labute approximate surface area is 99.7 Å². The molecule has 90 valence electrons. The monoisotopic (exact) mass is 234 g/mol. The van der Waals surface area contributed by atoms with Gasteiger partial charge in [0.1, 0.15) is 12.1 Å². The van der Waals surface area contributed by atoms with E-state index in [9.17, 15) is 4.39 Å². The van der Waals surface area contributed by atoms with Gasteiger partial charge in [0.2, 0.25) is 5.89 Å². The second-order valence-corrected chi connectivity index (χ2v) is 4.16. The molecule has 3 nitrogen and oxygen atoms in total. The summed E-state index contributed by atoms with van der Waals surface area (Å²) in [5, 5.41) is 3.22. The molecule has 4 heteroatoms. The topological polar surface area (TPSA) is 38.1 Å².